The van der Waals surface area contributed by atoms with Gasteiger partial charge in [0.1, 0.15) is 17.9 Å². The van der Waals surface area contributed by atoms with E-state index in [0.29, 0.717) is 11.3 Å². The van der Waals surface area contributed by atoms with E-state index < -0.39 is 5.97 Å². The Bertz CT molecular complexity index is 778. The second kappa shape index (κ2) is 7.62. The molecule has 1 aromatic carbocycles. The molecule has 7 nitrogen and oxygen atoms in total. The summed E-state index contributed by atoms with van der Waals surface area (Å²) in [5.74, 6) is 0.858. The zero-order valence-corrected chi connectivity index (χ0v) is 13.9. The average molecular weight is 338 g/mol. The predicted molar refractivity (Wildman–Crippen MR) is 90.4 cm³/mol. The van der Waals surface area contributed by atoms with Crippen molar-refractivity contribution in [3.05, 3.63) is 47.7 Å². The van der Waals surface area contributed by atoms with Crippen LogP contribution in [0.4, 0.5) is 5.82 Å². The van der Waals surface area contributed by atoms with Crippen molar-refractivity contribution < 1.29 is 14.3 Å². The monoisotopic (exact) mass is 338 g/mol. The molecule has 1 aliphatic rings. The lowest BCUT2D eigenvalue weighted by atomic mass is 10.1. The van der Waals surface area contributed by atoms with Gasteiger partial charge >= 0.3 is 5.97 Å². The Hall–Kier alpha value is -3.14. The fraction of sp³-hybridized carbons (Fsp3) is 0.333. The predicted octanol–water partition coefficient (Wildman–Crippen LogP) is 2.18. The molecule has 1 saturated heterocycles. The maximum Gasteiger partial charge on any atom is 0.358 e. The first-order valence-corrected chi connectivity index (χ1v) is 8.04. The molecule has 0 N–H and O–H groups in total. The van der Waals surface area contributed by atoms with Gasteiger partial charge in [-0.15, -0.1) is 10.2 Å². The number of rotatable bonds is 4. The summed E-state index contributed by atoms with van der Waals surface area (Å²) >= 11 is 0. The van der Waals surface area contributed by atoms with Crippen molar-refractivity contribution in [3.8, 4) is 11.8 Å². The lowest BCUT2D eigenvalue weighted by Crippen LogP contribution is -2.39. The van der Waals surface area contributed by atoms with Crippen LogP contribution in [0.5, 0.6) is 5.75 Å². The number of carbonyl (C=O) groups excluding carboxylic acids is 1. The molecular weight excluding hydrogens is 320 g/mol. The lowest BCUT2D eigenvalue weighted by Gasteiger charge is -2.32. The van der Waals surface area contributed by atoms with Gasteiger partial charge in [-0.2, -0.15) is 5.26 Å². The number of nitrogens with zero attached hydrogens (tertiary/aromatic N) is 4. The first-order valence-electron chi connectivity index (χ1n) is 8.04. The quantitative estimate of drug-likeness (QED) is 0.789. The number of piperidine rings is 1. The summed E-state index contributed by atoms with van der Waals surface area (Å²) in [7, 11) is 1.31. The normalized spacial score (nSPS) is 14.6. The fourth-order valence-corrected chi connectivity index (χ4v) is 2.75. The van der Waals surface area contributed by atoms with Crippen molar-refractivity contribution in [2.45, 2.75) is 18.9 Å². The number of nitriles is 1. The molecule has 1 aromatic heterocycles. The van der Waals surface area contributed by atoms with E-state index in [1.54, 1.807) is 18.2 Å². The van der Waals surface area contributed by atoms with E-state index in [9.17, 15) is 4.79 Å². The van der Waals surface area contributed by atoms with Crippen molar-refractivity contribution in [2.24, 2.45) is 0 Å². The summed E-state index contributed by atoms with van der Waals surface area (Å²) in [5.41, 5.74) is 0.742. The Morgan fingerprint density at radius 1 is 1.20 bits per heavy atom. The van der Waals surface area contributed by atoms with Crippen molar-refractivity contribution >= 4 is 11.8 Å². The Morgan fingerprint density at radius 2 is 1.96 bits per heavy atom. The zero-order chi connectivity index (χ0) is 17.6. The van der Waals surface area contributed by atoms with Gasteiger partial charge in [-0.1, -0.05) is 12.1 Å². The number of aromatic nitrogens is 2. The van der Waals surface area contributed by atoms with E-state index in [1.807, 2.05) is 18.2 Å². The van der Waals surface area contributed by atoms with Gasteiger partial charge in [0.15, 0.2) is 11.5 Å². The molecule has 0 saturated carbocycles. The SMILES string of the molecule is COC(=O)c1ccc(N2CCC(Oc3ccccc3C#N)CC2)nn1. The van der Waals surface area contributed by atoms with Crippen molar-refractivity contribution in [1.29, 1.82) is 5.26 Å². The fourth-order valence-electron chi connectivity index (χ4n) is 2.75. The van der Waals surface area contributed by atoms with Crippen molar-refractivity contribution in [3.63, 3.8) is 0 Å². The minimum absolute atomic E-state index is 0.0630. The second-order valence-corrected chi connectivity index (χ2v) is 5.68. The van der Waals surface area contributed by atoms with Gasteiger partial charge in [0, 0.05) is 25.9 Å². The van der Waals surface area contributed by atoms with Crippen LogP contribution in [0.1, 0.15) is 28.9 Å². The zero-order valence-electron chi connectivity index (χ0n) is 13.9. The van der Waals surface area contributed by atoms with E-state index in [2.05, 4.69) is 25.9 Å². The van der Waals surface area contributed by atoms with Crippen LogP contribution in [0, 0.1) is 11.3 Å². The third-order valence-electron chi connectivity index (χ3n) is 4.11. The summed E-state index contributed by atoms with van der Waals surface area (Å²) in [5, 5.41) is 17.1. The lowest BCUT2D eigenvalue weighted by molar-refractivity contribution is 0.0592. The van der Waals surface area contributed by atoms with Crippen LogP contribution in [0.2, 0.25) is 0 Å². The second-order valence-electron chi connectivity index (χ2n) is 5.68. The highest BCUT2D eigenvalue weighted by Gasteiger charge is 2.22. The first kappa shape index (κ1) is 16.7. The molecule has 0 unspecified atom stereocenters. The summed E-state index contributed by atoms with van der Waals surface area (Å²) < 4.78 is 10.6. The number of ether oxygens (including phenoxy) is 2. The summed E-state index contributed by atoms with van der Waals surface area (Å²) in [6.07, 6.45) is 1.70. The minimum Gasteiger partial charge on any atom is -0.489 e. The van der Waals surface area contributed by atoms with Gasteiger partial charge in [0.25, 0.3) is 0 Å². The molecule has 0 radical (unpaired) electrons. The number of benzene rings is 1. The number of carbonyl (C=O) groups is 1. The molecule has 1 aliphatic heterocycles. The number of hydrogen-bond acceptors (Lipinski definition) is 7. The molecule has 0 atom stereocenters. The van der Waals surface area contributed by atoms with E-state index in [4.69, 9.17) is 10.00 Å². The number of methoxy groups -OCH3 is 1. The highest BCUT2D eigenvalue weighted by molar-refractivity contribution is 5.86. The Kier molecular flexibility index (Phi) is 5.09. The van der Waals surface area contributed by atoms with Gasteiger partial charge in [0.05, 0.1) is 12.7 Å². The number of hydrogen-bond donors (Lipinski definition) is 0. The van der Waals surface area contributed by atoms with Gasteiger partial charge in [-0.25, -0.2) is 4.79 Å². The van der Waals surface area contributed by atoms with Gasteiger partial charge in [0.2, 0.25) is 0 Å². The summed E-state index contributed by atoms with van der Waals surface area (Å²) in [4.78, 5) is 13.5. The van der Waals surface area contributed by atoms with Crippen LogP contribution in [-0.4, -0.2) is 42.5 Å². The third kappa shape index (κ3) is 3.86. The van der Waals surface area contributed by atoms with Crippen LogP contribution < -0.4 is 9.64 Å². The van der Waals surface area contributed by atoms with Gasteiger partial charge in [-0.05, 0) is 24.3 Å². The molecule has 2 heterocycles. The number of para-hydroxylation sites is 1. The van der Waals surface area contributed by atoms with E-state index in [0.717, 1.165) is 31.7 Å². The summed E-state index contributed by atoms with van der Waals surface area (Å²) in [6, 6.07) is 12.8. The van der Waals surface area contributed by atoms with Crippen LogP contribution >= 0.6 is 0 Å². The Balaban J connectivity index is 1.58. The Morgan fingerprint density at radius 3 is 2.60 bits per heavy atom. The molecule has 0 spiro atoms. The molecule has 0 bridgehead atoms. The van der Waals surface area contributed by atoms with E-state index >= 15 is 0 Å². The van der Waals surface area contributed by atoms with Gasteiger partial charge < -0.3 is 14.4 Å². The van der Waals surface area contributed by atoms with Crippen LogP contribution in [0.3, 0.4) is 0 Å². The molecule has 1 fully saturated rings. The molecule has 0 aliphatic carbocycles. The minimum atomic E-state index is -0.498. The number of esters is 1. The smallest absolute Gasteiger partial charge is 0.358 e. The van der Waals surface area contributed by atoms with Crippen LogP contribution in [0.15, 0.2) is 36.4 Å². The highest BCUT2D eigenvalue weighted by Crippen LogP contribution is 2.24. The maximum atomic E-state index is 11.4. The largest absolute Gasteiger partial charge is 0.489 e. The third-order valence-corrected chi connectivity index (χ3v) is 4.11. The molecule has 3 rings (SSSR count). The van der Waals surface area contributed by atoms with Crippen LogP contribution in [-0.2, 0) is 4.74 Å². The van der Waals surface area contributed by atoms with Crippen LogP contribution in [0.25, 0.3) is 0 Å². The summed E-state index contributed by atoms with van der Waals surface area (Å²) in [6.45, 7) is 1.54. The maximum absolute atomic E-state index is 11.4. The van der Waals surface area contributed by atoms with Gasteiger partial charge in [-0.3, -0.25) is 0 Å². The van der Waals surface area contributed by atoms with E-state index in [1.165, 1.54) is 7.11 Å². The average Bonchev–Trinajstić information content (AvgIpc) is 2.68. The molecular formula is C18H18N4O3. The van der Waals surface area contributed by atoms with Crippen molar-refractivity contribution in [1.82, 2.24) is 10.2 Å². The molecule has 7 heteroatoms. The number of anilines is 1. The molecule has 2 aromatic rings. The standard InChI is InChI=1S/C18H18N4O3/c1-24-18(23)15-6-7-17(21-20-15)22-10-8-14(9-11-22)25-16-5-3-2-4-13(16)12-19/h2-7,14H,8-11H2,1H3. The molecule has 128 valence electrons. The first-order chi connectivity index (χ1) is 12.2. The van der Waals surface area contributed by atoms with E-state index in [-0.39, 0.29) is 11.8 Å². The topological polar surface area (TPSA) is 88.3 Å². The Labute approximate surface area is 145 Å². The molecule has 25 heavy (non-hydrogen) atoms. The molecule has 0 amide bonds. The highest BCUT2D eigenvalue weighted by atomic mass is 16.5. The van der Waals surface area contributed by atoms with Crippen molar-refractivity contribution in [2.75, 3.05) is 25.1 Å².